The Balaban J connectivity index is 2.00. The van der Waals surface area contributed by atoms with Crippen LogP contribution in [0.4, 0.5) is 4.39 Å². The molecule has 0 unspecified atom stereocenters. The van der Waals surface area contributed by atoms with Gasteiger partial charge in [-0.1, -0.05) is 0 Å². The van der Waals surface area contributed by atoms with Gasteiger partial charge in [0.25, 0.3) is 0 Å². The monoisotopic (exact) mass is 226 g/mol. The van der Waals surface area contributed by atoms with Crippen molar-refractivity contribution in [2.24, 2.45) is 7.05 Å². The predicted molar refractivity (Wildman–Crippen MR) is 60.8 cm³/mol. The average molecular weight is 226 g/mol. The summed E-state index contributed by atoms with van der Waals surface area (Å²) in [5.74, 6) is 0. The van der Waals surface area contributed by atoms with Crippen LogP contribution in [0.15, 0.2) is 12.3 Å². The van der Waals surface area contributed by atoms with Crippen molar-refractivity contribution in [1.29, 1.82) is 0 Å². The van der Waals surface area contributed by atoms with Crippen LogP contribution in [0.2, 0.25) is 0 Å². The van der Waals surface area contributed by atoms with Crippen molar-refractivity contribution in [2.75, 3.05) is 20.1 Å². The van der Waals surface area contributed by atoms with Gasteiger partial charge in [0.2, 0.25) is 0 Å². The SMILES string of the molecule is CNC[C@H]1C[C@H](F)CN1Cc1ccnn1C. The molecule has 0 aliphatic carbocycles. The summed E-state index contributed by atoms with van der Waals surface area (Å²) in [5.41, 5.74) is 1.13. The Labute approximate surface area is 95.4 Å². The number of aryl methyl sites for hydroxylation is 1. The minimum atomic E-state index is -0.688. The lowest BCUT2D eigenvalue weighted by molar-refractivity contribution is 0.227. The second-order valence-corrected chi connectivity index (χ2v) is 4.42. The Bertz CT molecular complexity index is 338. The summed E-state index contributed by atoms with van der Waals surface area (Å²) >= 11 is 0. The fraction of sp³-hybridized carbons (Fsp3) is 0.727. The molecule has 1 N–H and O–H groups in total. The number of likely N-dealkylation sites (tertiary alicyclic amines) is 1. The molecule has 1 saturated heterocycles. The molecule has 2 atom stereocenters. The highest BCUT2D eigenvalue weighted by Crippen LogP contribution is 2.21. The fourth-order valence-electron chi connectivity index (χ4n) is 2.33. The van der Waals surface area contributed by atoms with Crippen molar-refractivity contribution in [3.8, 4) is 0 Å². The van der Waals surface area contributed by atoms with E-state index >= 15 is 0 Å². The van der Waals surface area contributed by atoms with Gasteiger partial charge < -0.3 is 5.32 Å². The Morgan fingerprint density at radius 1 is 1.62 bits per heavy atom. The molecule has 0 amide bonds. The maximum Gasteiger partial charge on any atom is 0.114 e. The van der Waals surface area contributed by atoms with Gasteiger partial charge in [0.05, 0.1) is 5.69 Å². The molecule has 1 aromatic heterocycles. The number of likely N-dealkylation sites (N-methyl/N-ethyl adjacent to an activating group) is 1. The molecule has 0 bridgehead atoms. The van der Waals surface area contributed by atoms with Gasteiger partial charge in [-0.25, -0.2) is 4.39 Å². The van der Waals surface area contributed by atoms with Crippen LogP contribution in [0.5, 0.6) is 0 Å². The van der Waals surface area contributed by atoms with Crippen molar-refractivity contribution in [2.45, 2.75) is 25.2 Å². The Morgan fingerprint density at radius 2 is 2.44 bits per heavy atom. The van der Waals surface area contributed by atoms with Crippen LogP contribution in [0.1, 0.15) is 12.1 Å². The lowest BCUT2D eigenvalue weighted by Crippen LogP contribution is -2.36. The molecule has 0 spiro atoms. The molecule has 90 valence electrons. The van der Waals surface area contributed by atoms with Crippen LogP contribution in [0, 0.1) is 0 Å². The van der Waals surface area contributed by atoms with Crippen LogP contribution in [-0.4, -0.2) is 47.0 Å². The molecule has 5 heteroatoms. The summed E-state index contributed by atoms with van der Waals surface area (Å²) in [5, 5.41) is 7.25. The van der Waals surface area contributed by atoms with E-state index in [4.69, 9.17) is 0 Å². The normalized spacial score (nSPS) is 26.4. The van der Waals surface area contributed by atoms with Crippen LogP contribution in [-0.2, 0) is 13.6 Å². The van der Waals surface area contributed by atoms with Gasteiger partial charge >= 0.3 is 0 Å². The van der Waals surface area contributed by atoms with Gasteiger partial charge in [0.1, 0.15) is 6.17 Å². The van der Waals surface area contributed by atoms with E-state index in [2.05, 4.69) is 15.3 Å². The standard InChI is InChI=1S/C11H19FN4/c1-13-6-11-5-9(12)7-16(11)8-10-3-4-14-15(10)2/h3-4,9,11,13H,5-8H2,1-2H3/t9-,11+/m0/s1. The van der Waals surface area contributed by atoms with Crippen molar-refractivity contribution >= 4 is 0 Å². The second-order valence-electron chi connectivity index (χ2n) is 4.42. The maximum absolute atomic E-state index is 13.4. The lowest BCUT2D eigenvalue weighted by Gasteiger charge is -2.23. The number of nitrogens with zero attached hydrogens (tertiary/aromatic N) is 3. The van der Waals surface area contributed by atoms with Crippen LogP contribution < -0.4 is 5.32 Å². The summed E-state index contributed by atoms with van der Waals surface area (Å²) in [6.07, 6.45) is 1.73. The highest BCUT2D eigenvalue weighted by Gasteiger charge is 2.31. The van der Waals surface area contributed by atoms with Crippen molar-refractivity contribution < 1.29 is 4.39 Å². The summed E-state index contributed by atoms with van der Waals surface area (Å²) in [4.78, 5) is 2.19. The molecule has 4 nitrogen and oxygen atoms in total. The highest BCUT2D eigenvalue weighted by atomic mass is 19.1. The summed E-state index contributed by atoms with van der Waals surface area (Å²) in [6.45, 7) is 2.17. The molecule has 1 aromatic rings. The third-order valence-corrected chi connectivity index (χ3v) is 3.20. The van der Waals surface area contributed by atoms with Crippen molar-refractivity contribution in [1.82, 2.24) is 20.0 Å². The molecular weight excluding hydrogens is 207 g/mol. The van der Waals surface area contributed by atoms with Gasteiger partial charge in [-0.3, -0.25) is 9.58 Å². The van der Waals surface area contributed by atoms with Crippen LogP contribution in [0.25, 0.3) is 0 Å². The molecule has 0 radical (unpaired) electrons. The van der Waals surface area contributed by atoms with E-state index in [1.165, 1.54) is 0 Å². The van der Waals surface area contributed by atoms with Crippen molar-refractivity contribution in [3.05, 3.63) is 18.0 Å². The zero-order valence-corrected chi connectivity index (χ0v) is 9.86. The molecule has 0 saturated carbocycles. The van der Waals surface area contributed by atoms with Gasteiger partial charge in [-0.05, 0) is 19.5 Å². The third kappa shape index (κ3) is 2.41. The van der Waals surface area contributed by atoms with Gasteiger partial charge in [0.15, 0.2) is 0 Å². The minimum Gasteiger partial charge on any atom is -0.318 e. The molecule has 2 rings (SSSR count). The number of hydrogen-bond acceptors (Lipinski definition) is 3. The second kappa shape index (κ2) is 4.93. The average Bonchev–Trinajstić information content (AvgIpc) is 2.77. The quantitative estimate of drug-likeness (QED) is 0.814. The topological polar surface area (TPSA) is 33.1 Å². The Morgan fingerprint density at radius 3 is 3.06 bits per heavy atom. The molecule has 0 aromatic carbocycles. The van der Waals surface area contributed by atoms with Crippen LogP contribution in [0.3, 0.4) is 0 Å². The van der Waals surface area contributed by atoms with E-state index in [1.54, 1.807) is 6.20 Å². The summed E-state index contributed by atoms with van der Waals surface area (Å²) in [7, 11) is 3.83. The van der Waals surface area contributed by atoms with E-state index < -0.39 is 6.17 Å². The molecular formula is C11H19FN4. The zero-order valence-electron chi connectivity index (χ0n) is 9.86. The van der Waals surface area contributed by atoms with E-state index in [-0.39, 0.29) is 0 Å². The number of halogens is 1. The first-order valence-electron chi connectivity index (χ1n) is 5.70. The fourth-order valence-corrected chi connectivity index (χ4v) is 2.33. The molecule has 1 aliphatic rings. The Hall–Kier alpha value is -0.940. The number of hydrogen-bond donors (Lipinski definition) is 1. The van der Waals surface area contributed by atoms with E-state index in [1.807, 2.05) is 24.8 Å². The van der Waals surface area contributed by atoms with Gasteiger partial charge in [-0.15, -0.1) is 0 Å². The highest BCUT2D eigenvalue weighted by molar-refractivity contribution is 5.01. The molecule has 1 aliphatic heterocycles. The number of aromatic nitrogens is 2. The Kier molecular flexibility index (Phi) is 3.56. The maximum atomic E-state index is 13.4. The van der Waals surface area contributed by atoms with E-state index in [0.717, 1.165) is 18.8 Å². The number of nitrogens with one attached hydrogen (secondary N) is 1. The zero-order chi connectivity index (χ0) is 11.5. The first-order chi connectivity index (χ1) is 7.70. The first kappa shape index (κ1) is 11.5. The first-order valence-corrected chi connectivity index (χ1v) is 5.70. The van der Waals surface area contributed by atoms with Crippen LogP contribution >= 0.6 is 0 Å². The predicted octanol–water partition coefficient (Wildman–Crippen LogP) is 0.552. The van der Waals surface area contributed by atoms with Gasteiger partial charge in [0, 0.05) is 38.9 Å². The minimum absolute atomic E-state index is 0.301. The molecule has 2 heterocycles. The summed E-state index contributed by atoms with van der Waals surface area (Å²) < 4.78 is 15.2. The molecule has 16 heavy (non-hydrogen) atoms. The van der Waals surface area contributed by atoms with Gasteiger partial charge in [-0.2, -0.15) is 5.10 Å². The van der Waals surface area contributed by atoms with E-state index in [9.17, 15) is 4.39 Å². The van der Waals surface area contributed by atoms with Crippen molar-refractivity contribution in [3.63, 3.8) is 0 Å². The summed E-state index contributed by atoms with van der Waals surface area (Å²) in [6, 6.07) is 2.29. The number of rotatable bonds is 4. The third-order valence-electron chi connectivity index (χ3n) is 3.20. The largest absolute Gasteiger partial charge is 0.318 e. The number of alkyl halides is 1. The lowest BCUT2D eigenvalue weighted by atomic mass is 10.2. The smallest absolute Gasteiger partial charge is 0.114 e. The van der Waals surface area contributed by atoms with E-state index in [0.29, 0.717) is 19.0 Å². The molecule has 1 fully saturated rings.